The zero-order valence-electron chi connectivity index (χ0n) is 16.7. The second kappa shape index (κ2) is 7.59. The first-order valence-electron chi connectivity index (χ1n) is 10.3. The van der Waals surface area contributed by atoms with E-state index in [1.54, 1.807) is 4.90 Å². The fourth-order valence-corrected chi connectivity index (χ4v) is 4.66. The van der Waals surface area contributed by atoms with Gasteiger partial charge in [0.05, 0.1) is 0 Å². The fourth-order valence-electron chi connectivity index (χ4n) is 4.66. The number of carbonyl (C=O) groups excluding carboxylic acids is 2. The predicted molar refractivity (Wildman–Crippen MR) is 107 cm³/mol. The molecule has 0 aromatic heterocycles. The molecule has 1 unspecified atom stereocenters. The molecule has 1 saturated carbocycles. The van der Waals surface area contributed by atoms with E-state index in [4.69, 9.17) is 4.74 Å². The van der Waals surface area contributed by atoms with Gasteiger partial charge in [-0.1, -0.05) is 13.5 Å². The monoisotopic (exact) mass is 383 g/mol. The summed E-state index contributed by atoms with van der Waals surface area (Å²) in [7, 11) is 2.15. The fraction of sp³-hybridized carbons (Fsp3) is 0.545. The minimum absolute atomic E-state index is 0.0707. The minimum atomic E-state index is -0.424. The van der Waals surface area contributed by atoms with Crippen LogP contribution in [0.2, 0.25) is 0 Å². The molecule has 0 spiro atoms. The van der Waals surface area contributed by atoms with Crippen LogP contribution in [0.1, 0.15) is 54.9 Å². The maximum Gasteiger partial charge on any atom is 0.255 e. The van der Waals surface area contributed by atoms with Gasteiger partial charge < -0.3 is 19.9 Å². The number of ether oxygens (including phenoxy) is 1. The van der Waals surface area contributed by atoms with Gasteiger partial charge in [0.15, 0.2) is 0 Å². The number of piperidine rings is 1. The summed E-state index contributed by atoms with van der Waals surface area (Å²) in [4.78, 5) is 29.2. The standard InChI is InChI=1S/C22H29N3O3/c1-4-24(3)18-6-5-7-20(18)28-16-9-10-17-15(12-16)13-25(22(17)27)19-11-8-14(2)23-21(19)26/h9-10,12,18-20H,2,4-8,11,13H2,1,3H3,(H,23,26)/t18-,19?,20+/m1/s1. The highest BCUT2D eigenvalue weighted by Crippen LogP contribution is 2.33. The molecule has 2 fully saturated rings. The topological polar surface area (TPSA) is 61.9 Å². The molecular formula is C22H29N3O3. The van der Waals surface area contributed by atoms with Crippen molar-refractivity contribution in [1.82, 2.24) is 15.1 Å². The van der Waals surface area contributed by atoms with Crippen molar-refractivity contribution in [1.29, 1.82) is 0 Å². The second-order valence-electron chi connectivity index (χ2n) is 8.13. The van der Waals surface area contributed by atoms with E-state index >= 15 is 0 Å². The molecule has 2 aliphatic heterocycles. The quantitative estimate of drug-likeness (QED) is 0.849. The Kier molecular flexibility index (Phi) is 5.15. The van der Waals surface area contributed by atoms with Gasteiger partial charge in [0, 0.05) is 23.8 Å². The van der Waals surface area contributed by atoms with E-state index in [9.17, 15) is 9.59 Å². The van der Waals surface area contributed by atoms with E-state index in [-0.39, 0.29) is 17.9 Å². The highest BCUT2D eigenvalue weighted by molar-refractivity contribution is 6.01. The molecule has 3 atom stereocenters. The number of nitrogens with zero attached hydrogens (tertiary/aromatic N) is 2. The maximum absolute atomic E-state index is 12.8. The Balaban J connectivity index is 1.48. The molecule has 150 valence electrons. The Labute approximate surface area is 166 Å². The molecule has 1 N–H and O–H groups in total. The second-order valence-corrected chi connectivity index (χ2v) is 8.13. The third kappa shape index (κ3) is 3.41. The summed E-state index contributed by atoms with van der Waals surface area (Å²) in [5.41, 5.74) is 2.35. The first-order chi connectivity index (χ1) is 13.5. The Hall–Kier alpha value is -2.34. The van der Waals surface area contributed by atoms with Gasteiger partial charge in [-0.3, -0.25) is 9.59 Å². The summed E-state index contributed by atoms with van der Waals surface area (Å²) in [6.07, 6.45) is 4.92. The van der Waals surface area contributed by atoms with Crippen molar-refractivity contribution in [2.24, 2.45) is 0 Å². The third-order valence-corrected chi connectivity index (χ3v) is 6.38. The van der Waals surface area contributed by atoms with Crippen LogP contribution < -0.4 is 10.1 Å². The predicted octanol–water partition coefficient (Wildman–Crippen LogP) is 2.69. The molecule has 28 heavy (non-hydrogen) atoms. The molecule has 2 heterocycles. The third-order valence-electron chi connectivity index (χ3n) is 6.38. The Morgan fingerprint density at radius 1 is 1.29 bits per heavy atom. The van der Waals surface area contributed by atoms with Gasteiger partial charge >= 0.3 is 0 Å². The summed E-state index contributed by atoms with van der Waals surface area (Å²) >= 11 is 0. The first-order valence-corrected chi connectivity index (χ1v) is 10.3. The number of hydrogen-bond donors (Lipinski definition) is 1. The zero-order chi connectivity index (χ0) is 19.8. The molecule has 6 nitrogen and oxygen atoms in total. The lowest BCUT2D eigenvalue weighted by atomic mass is 10.0. The van der Waals surface area contributed by atoms with Gasteiger partial charge in [-0.05, 0) is 69.5 Å². The first kappa shape index (κ1) is 19.0. The van der Waals surface area contributed by atoms with Gasteiger partial charge in [0.25, 0.3) is 5.91 Å². The van der Waals surface area contributed by atoms with E-state index in [0.717, 1.165) is 36.4 Å². The molecular weight excluding hydrogens is 354 g/mol. The van der Waals surface area contributed by atoms with Crippen molar-refractivity contribution < 1.29 is 14.3 Å². The molecule has 1 saturated heterocycles. The molecule has 3 aliphatic rings. The summed E-state index contributed by atoms with van der Waals surface area (Å²) in [5.74, 6) is 0.611. The van der Waals surface area contributed by atoms with Crippen molar-refractivity contribution in [2.75, 3.05) is 13.6 Å². The smallest absolute Gasteiger partial charge is 0.255 e. The normalized spacial score (nSPS) is 27.3. The number of benzene rings is 1. The average Bonchev–Trinajstić information content (AvgIpc) is 3.26. The molecule has 0 bridgehead atoms. The minimum Gasteiger partial charge on any atom is -0.489 e. The van der Waals surface area contributed by atoms with Gasteiger partial charge in [0.1, 0.15) is 17.9 Å². The van der Waals surface area contributed by atoms with Crippen molar-refractivity contribution >= 4 is 11.8 Å². The number of fused-ring (bicyclic) bond motifs is 1. The van der Waals surface area contributed by atoms with Crippen molar-refractivity contribution in [3.05, 3.63) is 41.6 Å². The van der Waals surface area contributed by atoms with Gasteiger partial charge in [-0.2, -0.15) is 0 Å². The molecule has 4 rings (SSSR count). The Morgan fingerprint density at radius 3 is 2.86 bits per heavy atom. The van der Waals surface area contributed by atoms with Crippen molar-refractivity contribution in [3.8, 4) is 5.75 Å². The highest BCUT2D eigenvalue weighted by Gasteiger charge is 2.38. The summed E-state index contributed by atoms with van der Waals surface area (Å²) in [5, 5.41) is 2.78. The van der Waals surface area contributed by atoms with Crippen LogP contribution in [0.3, 0.4) is 0 Å². The van der Waals surface area contributed by atoms with Gasteiger partial charge in [-0.25, -0.2) is 0 Å². The van der Waals surface area contributed by atoms with Crippen LogP contribution in [0.25, 0.3) is 0 Å². The molecule has 2 amide bonds. The van der Waals surface area contributed by atoms with Crippen LogP contribution in [0.5, 0.6) is 5.75 Å². The van der Waals surface area contributed by atoms with E-state index < -0.39 is 6.04 Å². The molecule has 6 heteroatoms. The van der Waals surface area contributed by atoms with Crippen LogP contribution in [0.4, 0.5) is 0 Å². The van der Waals surface area contributed by atoms with Crippen molar-refractivity contribution in [3.63, 3.8) is 0 Å². The van der Waals surface area contributed by atoms with Crippen molar-refractivity contribution in [2.45, 2.75) is 63.8 Å². The van der Waals surface area contributed by atoms with Crippen LogP contribution >= 0.6 is 0 Å². The largest absolute Gasteiger partial charge is 0.489 e. The van der Waals surface area contributed by atoms with E-state index in [2.05, 4.69) is 30.8 Å². The van der Waals surface area contributed by atoms with E-state index in [1.165, 1.54) is 6.42 Å². The molecule has 0 radical (unpaired) electrons. The van der Waals surface area contributed by atoms with Gasteiger partial charge in [0.2, 0.25) is 5.91 Å². The lowest BCUT2D eigenvalue weighted by Gasteiger charge is -2.30. The molecule has 1 aliphatic carbocycles. The number of hydrogen-bond acceptors (Lipinski definition) is 4. The van der Waals surface area contributed by atoms with Crippen LogP contribution in [0, 0.1) is 0 Å². The number of allylic oxidation sites excluding steroid dienone is 1. The zero-order valence-corrected chi connectivity index (χ0v) is 16.7. The lowest BCUT2D eigenvalue weighted by Crippen LogP contribution is -2.49. The summed E-state index contributed by atoms with van der Waals surface area (Å²) in [6, 6.07) is 5.74. The number of carbonyl (C=O) groups is 2. The highest BCUT2D eigenvalue weighted by atomic mass is 16.5. The Morgan fingerprint density at radius 2 is 2.11 bits per heavy atom. The van der Waals surface area contributed by atoms with Crippen LogP contribution in [-0.2, 0) is 11.3 Å². The SMILES string of the molecule is C=C1CCC(N2Cc3cc(O[C@H]4CCC[C@H]4N(C)CC)ccc3C2=O)C(=O)N1. The number of nitrogens with one attached hydrogen (secondary N) is 1. The van der Waals surface area contributed by atoms with Crippen LogP contribution in [0.15, 0.2) is 30.5 Å². The number of rotatable bonds is 5. The van der Waals surface area contributed by atoms with E-state index in [0.29, 0.717) is 31.0 Å². The Bertz CT molecular complexity index is 806. The van der Waals surface area contributed by atoms with E-state index in [1.807, 2.05) is 18.2 Å². The maximum atomic E-state index is 12.8. The summed E-state index contributed by atoms with van der Waals surface area (Å²) in [6.45, 7) is 7.45. The van der Waals surface area contributed by atoms with Crippen LogP contribution in [-0.4, -0.2) is 53.4 Å². The average molecular weight is 383 g/mol. The number of amides is 2. The van der Waals surface area contributed by atoms with Gasteiger partial charge in [-0.15, -0.1) is 0 Å². The lowest BCUT2D eigenvalue weighted by molar-refractivity contribution is -0.126. The number of likely N-dealkylation sites (N-methyl/N-ethyl adjacent to an activating group) is 1. The molecule has 1 aromatic carbocycles. The summed E-state index contributed by atoms with van der Waals surface area (Å²) < 4.78 is 6.32. The molecule has 1 aromatic rings.